The van der Waals surface area contributed by atoms with Gasteiger partial charge in [-0.2, -0.15) is 0 Å². The molecule has 6 nitrogen and oxygen atoms in total. The lowest BCUT2D eigenvalue weighted by molar-refractivity contribution is -0.116. The first-order valence-corrected chi connectivity index (χ1v) is 10.9. The lowest BCUT2D eigenvalue weighted by atomic mass is 9.87. The molecule has 0 saturated carbocycles. The molecule has 0 unspecified atom stereocenters. The van der Waals surface area contributed by atoms with E-state index in [-0.39, 0.29) is 10.8 Å². The van der Waals surface area contributed by atoms with Crippen LogP contribution in [0.2, 0.25) is 0 Å². The molecule has 7 heteroatoms. The Labute approximate surface area is 176 Å². The van der Waals surface area contributed by atoms with Crippen LogP contribution in [0.25, 0.3) is 0 Å². The minimum Gasteiger partial charge on any atom is -0.457 e. The maximum atomic E-state index is 13.4. The number of sulfonamides is 1. The van der Waals surface area contributed by atoms with Crippen molar-refractivity contribution in [3.63, 3.8) is 0 Å². The van der Waals surface area contributed by atoms with Gasteiger partial charge in [-0.3, -0.25) is 4.79 Å². The standard InChI is InChI=1S/C23H22N2O4S/c1-15-12-13-16(30(27,28)25(2)3)14-19(15)24-23(26)22-17-8-4-6-10-20(17)29-21-11-7-5-9-18(21)22/h4-14,22H,1-3H3,(H,24,26). The first-order chi connectivity index (χ1) is 14.3. The van der Waals surface area contributed by atoms with E-state index in [0.717, 1.165) is 21.0 Å². The Kier molecular flexibility index (Phi) is 5.09. The highest BCUT2D eigenvalue weighted by atomic mass is 32.2. The third kappa shape index (κ3) is 3.46. The fraction of sp³-hybridized carbons (Fsp3) is 0.174. The summed E-state index contributed by atoms with van der Waals surface area (Å²) in [7, 11) is -0.661. The summed E-state index contributed by atoms with van der Waals surface area (Å²) in [5.41, 5.74) is 2.77. The molecule has 3 aromatic rings. The number of hydrogen-bond donors (Lipinski definition) is 1. The Morgan fingerprint density at radius 2 is 1.50 bits per heavy atom. The van der Waals surface area contributed by atoms with Crippen molar-refractivity contribution in [1.82, 2.24) is 4.31 Å². The topological polar surface area (TPSA) is 75.7 Å². The molecule has 0 aliphatic carbocycles. The molecule has 154 valence electrons. The number of hydrogen-bond acceptors (Lipinski definition) is 4. The molecule has 3 aromatic carbocycles. The number of aryl methyl sites for hydroxylation is 1. The minimum absolute atomic E-state index is 0.126. The zero-order chi connectivity index (χ0) is 21.5. The third-order valence-corrected chi connectivity index (χ3v) is 7.00. The molecule has 1 aliphatic heterocycles. The van der Waals surface area contributed by atoms with E-state index in [2.05, 4.69) is 5.32 Å². The number of benzene rings is 3. The smallest absolute Gasteiger partial charge is 0.242 e. The highest BCUT2D eigenvalue weighted by molar-refractivity contribution is 7.89. The summed E-state index contributed by atoms with van der Waals surface area (Å²) in [6, 6.07) is 19.6. The average Bonchev–Trinajstić information content (AvgIpc) is 2.73. The molecule has 0 spiro atoms. The largest absolute Gasteiger partial charge is 0.457 e. The van der Waals surface area contributed by atoms with E-state index in [1.165, 1.54) is 20.2 Å². The number of ether oxygens (including phenoxy) is 1. The van der Waals surface area contributed by atoms with Crippen LogP contribution in [0.3, 0.4) is 0 Å². The quantitative estimate of drug-likeness (QED) is 0.686. The first kappa shape index (κ1) is 20.1. The van der Waals surface area contributed by atoms with E-state index >= 15 is 0 Å². The van der Waals surface area contributed by atoms with Gasteiger partial charge in [-0.25, -0.2) is 12.7 Å². The normalized spacial score (nSPS) is 13.3. The van der Waals surface area contributed by atoms with Gasteiger partial charge >= 0.3 is 0 Å². The molecule has 1 heterocycles. The maximum absolute atomic E-state index is 13.4. The van der Waals surface area contributed by atoms with E-state index < -0.39 is 15.9 Å². The minimum atomic E-state index is -3.61. The molecule has 1 amide bonds. The van der Waals surface area contributed by atoms with Gasteiger partial charge in [0.2, 0.25) is 15.9 Å². The van der Waals surface area contributed by atoms with Crippen molar-refractivity contribution in [3.05, 3.63) is 83.4 Å². The molecule has 1 N–H and O–H groups in total. The summed E-state index contributed by atoms with van der Waals surface area (Å²) < 4.78 is 32.1. The van der Waals surface area contributed by atoms with E-state index in [4.69, 9.17) is 4.74 Å². The van der Waals surface area contributed by atoms with Gasteiger partial charge in [0.1, 0.15) is 11.5 Å². The summed E-state index contributed by atoms with van der Waals surface area (Å²) in [5.74, 6) is 0.453. The Morgan fingerprint density at radius 1 is 0.933 bits per heavy atom. The summed E-state index contributed by atoms with van der Waals surface area (Å²) in [6.45, 7) is 1.83. The van der Waals surface area contributed by atoms with Crippen molar-refractivity contribution in [2.45, 2.75) is 17.7 Å². The Hall–Kier alpha value is -3.16. The van der Waals surface area contributed by atoms with Gasteiger partial charge in [0.05, 0.1) is 10.8 Å². The number of anilines is 1. The van der Waals surface area contributed by atoms with Crippen LogP contribution in [0.4, 0.5) is 5.69 Å². The molecule has 0 radical (unpaired) electrons. The van der Waals surface area contributed by atoms with Gasteiger partial charge < -0.3 is 10.1 Å². The number of para-hydroxylation sites is 2. The van der Waals surface area contributed by atoms with Gasteiger partial charge in [0.15, 0.2) is 0 Å². The third-order valence-electron chi connectivity index (χ3n) is 5.19. The fourth-order valence-corrected chi connectivity index (χ4v) is 4.43. The number of carbonyl (C=O) groups excluding carboxylic acids is 1. The molecule has 0 atom stereocenters. The number of fused-ring (bicyclic) bond motifs is 2. The van der Waals surface area contributed by atoms with Crippen LogP contribution in [0.5, 0.6) is 11.5 Å². The van der Waals surface area contributed by atoms with Crippen molar-refractivity contribution < 1.29 is 17.9 Å². The van der Waals surface area contributed by atoms with Gasteiger partial charge in [0.25, 0.3) is 0 Å². The molecule has 0 bridgehead atoms. The molecule has 4 rings (SSSR count). The molecule has 0 saturated heterocycles. The lowest BCUT2D eigenvalue weighted by Gasteiger charge is -2.27. The molecular formula is C23H22N2O4S. The second kappa shape index (κ2) is 7.59. The van der Waals surface area contributed by atoms with E-state index in [1.54, 1.807) is 12.1 Å². The molecule has 0 aromatic heterocycles. The van der Waals surface area contributed by atoms with Crippen molar-refractivity contribution >= 4 is 21.6 Å². The molecule has 0 fully saturated rings. The summed E-state index contributed by atoms with van der Waals surface area (Å²) in [5, 5.41) is 2.94. The van der Waals surface area contributed by atoms with Crippen molar-refractivity contribution in [2.24, 2.45) is 0 Å². The highest BCUT2D eigenvalue weighted by Gasteiger charge is 2.32. The number of nitrogens with one attached hydrogen (secondary N) is 1. The highest BCUT2D eigenvalue weighted by Crippen LogP contribution is 2.44. The zero-order valence-corrected chi connectivity index (χ0v) is 17.7. The summed E-state index contributed by atoms with van der Waals surface area (Å²) in [6.07, 6.45) is 0. The predicted octanol–water partition coefficient (Wildman–Crippen LogP) is 4.12. The van der Waals surface area contributed by atoms with Gasteiger partial charge in [-0.1, -0.05) is 42.5 Å². The van der Waals surface area contributed by atoms with Crippen molar-refractivity contribution in [3.8, 4) is 11.5 Å². The van der Waals surface area contributed by atoms with Crippen LogP contribution in [0, 0.1) is 6.92 Å². The Balaban J connectivity index is 1.74. The van der Waals surface area contributed by atoms with Gasteiger partial charge in [-0.05, 0) is 36.8 Å². The second-order valence-corrected chi connectivity index (χ2v) is 9.52. The monoisotopic (exact) mass is 422 g/mol. The lowest BCUT2D eigenvalue weighted by Crippen LogP contribution is -2.26. The van der Waals surface area contributed by atoms with Gasteiger partial charge in [-0.15, -0.1) is 0 Å². The van der Waals surface area contributed by atoms with E-state index in [0.29, 0.717) is 17.2 Å². The van der Waals surface area contributed by atoms with Crippen molar-refractivity contribution in [1.29, 1.82) is 0 Å². The van der Waals surface area contributed by atoms with Crippen molar-refractivity contribution in [2.75, 3.05) is 19.4 Å². The molecule has 1 aliphatic rings. The van der Waals surface area contributed by atoms with Crippen LogP contribution in [0.15, 0.2) is 71.6 Å². The predicted molar refractivity (Wildman–Crippen MR) is 115 cm³/mol. The van der Waals surface area contributed by atoms with E-state index in [9.17, 15) is 13.2 Å². The van der Waals surface area contributed by atoms with Crippen LogP contribution < -0.4 is 10.1 Å². The second-order valence-electron chi connectivity index (χ2n) is 7.36. The number of nitrogens with zero attached hydrogens (tertiary/aromatic N) is 1. The Bertz CT molecular complexity index is 1190. The first-order valence-electron chi connectivity index (χ1n) is 9.49. The van der Waals surface area contributed by atoms with Crippen LogP contribution >= 0.6 is 0 Å². The molecule has 30 heavy (non-hydrogen) atoms. The molecular weight excluding hydrogens is 400 g/mol. The summed E-state index contributed by atoms with van der Waals surface area (Å²) >= 11 is 0. The summed E-state index contributed by atoms with van der Waals surface area (Å²) in [4.78, 5) is 13.5. The van der Waals surface area contributed by atoms with Crippen LogP contribution in [-0.2, 0) is 14.8 Å². The number of rotatable bonds is 4. The number of carbonyl (C=O) groups is 1. The average molecular weight is 423 g/mol. The Morgan fingerprint density at radius 3 is 2.07 bits per heavy atom. The zero-order valence-electron chi connectivity index (χ0n) is 16.9. The van der Waals surface area contributed by atoms with E-state index in [1.807, 2.05) is 55.5 Å². The van der Waals surface area contributed by atoms with Crippen LogP contribution in [0.1, 0.15) is 22.6 Å². The SMILES string of the molecule is Cc1ccc(S(=O)(=O)N(C)C)cc1NC(=O)C1c2ccccc2Oc2ccccc21. The van der Waals surface area contributed by atoms with Gasteiger partial charge in [0, 0.05) is 30.9 Å². The van der Waals surface area contributed by atoms with Crippen LogP contribution in [-0.4, -0.2) is 32.7 Å². The fourth-order valence-electron chi connectivity index (χ4n) is 3.50. The number of amides is 1. The maximum Gasteiger partial charge on any atom is 0.242 e.